The fourth-order valence-electron chi connectivity index (χ4n) is 3.24. The highest BCUT2D eigenvalue weighted by Gasteiger charge is 2.28. The van der Waals surface area contributed by atoms with Crippen LogP contribution < -0.4 is 14.8 Å². The van der Waals surface area contributed by atoms with Gasteiger partial charge in [0.05, 0.1) is 14.2 Å². The van der Waals surface area contributed by atoms with Crippen LogP contribution in [0.4, 0.5) is 0 Å². The lowest BCUT2D eigenvalue weighted by Gasteiger charge is -2.25. The van der Waals surface area contributed by atoms with E-state index >= 15 is 0 Å². The summed E-state index contributed by atoms with van der Waals surface area (Å²) < 4.78 is 10.9. The standard InChI is InChI=1S/C16H25NO2/c1-17-11-15(12-6-4-5-7-12)14-10-13(18-2)8-9-16(14)19-3/h8-10,12,15,17H,4-7,11H2,1-3H3. The van der Waals surface area contributed by atoms with E-state index in [1.54, 1.807) is 14.2 Å². The van der Waals surface area contributed by atoms with Crippen molar-refractivity contribution in [3.63, 3.8) is 0 Å². The van der Waals surface area contributed by atoms with Crippen LogP contribution in [0.3, 0.4) is 0 Å². The Morgan fingerprint density at radius 2 is 1.95 bits per heavy atom. The third-order valence-electron chi connectivity index (χ3n) is 4.23. The second-order valence-electron chi connectivity index (χ2n) is 5.32. The molecule has 0 aliphatic heterocycles. The summed E-state index contributed by atoms with van der Waals surface area (Å²) in [5, 5.41) is 3.34. The predicted molar refractivity (Wildman–Crippen MR) is 78.2 cm³/mol. The molecule has 0 saturated heterocycles. The van der Waals surface area contributed by atoms with Crippen LogP contribution in [0, 0.1) is 5.92 Å². The molecule has 1 aromatic rings. The molecule has 2 rings (SSSR count). The normalized spacial score (nSPS) is 17.4. The molecule has 106 valence electrons. The highest BCUT2D eigenvalue weighted by molar-refractivity contribution is 5.43. The molecule has 3 nitrogen and oxygen atoms in total. The van der Waals surface area contributed by atoms with Crippen molar-refractivity contribution < 1.29 is 9.47 Å². The minimum absolute atomic E-state index is 0.512. The topological polar surface area (TPSA) is 30.5 Å². The summed E-state index contributed by atoms with van der Waals surface area (Å²) in [6.45, 7) is 0.994. The van der Waals surface area contributed by atoms with Crippen LogP contribution in [-0.2, 0) is 0 Å². The quantitative estimate of drug-likeness (QED) is 0.855. The molecule has 1 unspecified atom stereocenters. The summed E-state index contributed by atoms with van der Waals surface area (Å²) in [5.41, 5.74) is 1.28. The monoisotopic (exact) mass is 263 g/mol. The maximum atomic E-state index is 5.55. The Balaban J connectivity index is 2.32. The Bertz CT molecular complexity index is 400. The van der Waals surface area contributed by atoms with Gasteiger partial charge in [-0.3, -0.25) is 0 Å². The summed E-state index contributed by atoms with van der Waals surface area (Å²) in [6.07, 6.45) is 5.37. The van der Waals surface area contributed by atoms with Crippen molar-refractivity contribution in [2.24, 2.45) is 5.92 Å². The number of benzene rings is 1. The second-order valence-corrected chi connectivity index (χ2v) is 5.32. The first-order valence-corrected chi connectivity index (χ1v) is 7.16. The molecule has 1 aromatic carbocycles. The van der Waals surface area contributed by atoms with Gasteiger partial charge in [-0.25, -0.2) is 0 Å². The maximum Gasteiger partial charge on any atom is 0.122 e. The van der Waals surface area contributed by atoms with Gasteiger partial charge < -0.3 is 14.8 Å². The van der Waals surface area contributed by atoms with Gasteiger partial charge in [0.2, 0.25) is 0 Å². The summed E-state index contributed by atoms with van der Waals surface area (Å²) in [5.74, 6) is 3.16. The molecule has 1 N–H and O–H groups in total. The second kappa shape index (κ2) is 6.80. The van der Waals surface area contributed by atoms with Gasteiger partial charge in [-0.15, -0.1) is 0 Å². The molecule has 1 saturated carbocycles. The van der Waals surface area contributed by atoms with E-state index in [4.69, 9.17) is 9.47 Å². The third kappa shape index (κ3) is 3.21. The van der Waals surface area contributed by atoms with Gasteiger partial charge in [-0.1, -0.05) is 12.8 Å². The van der Waals surface area contributed by atoms with Gasteiger partial charge in [-0.2, -0.15) is 0 Å². The molecular weight excluding hydrogens is 238 g/mol. The number of nitrogens with one attached hydrogen (secondary N) is 1. The molecule has 0 aromatic heterocycles. The molecule has 1 aliphatic rings. The minimum Gasteiger partial charge on any atom is -0.497 e. The SMILES string of the molecule is CNCC(c1cc(OC)ccc1OC)C1CCCC1. The van der Waals surface area contributed by atoms with E-state index in [0.717, 1.165) is 24.0 Å². The molecule has 0 bridgehead atoms. The van der Waals surface area contributed by atoms with Crippen LogP contribution >= 0.6 is 0 Å². The number of hydrogen-bond donors (Lipinski definition) is 1. The average Bonchev–Trinajstić information content (AvgIpc) is 2.98. The molecule has 1 atom stereocenters. The first kappa shape index (κ1) is 14.2. The van der Waals surface area contributed by atoms with E-state index in [9.17, 15) is 0 Å². The van der Waals surface area contributed by atoms with Crippen molar-refractivity contribution in [3.8, 4) is 11.5 Å². The summed E-state index contributed by atoms with van der Waals surface area (Å²) >= 11 is 0. The molecule has 1 fully saturated rings. The van der Waals surface area contributed by atoms with Gasteiger partial charge in [0.25, 0.3) is 0 Å². The van der Waals surface area contributed by atoms with Crippen LogP contribution in [0.15, 0.2) is 18.2 Å². The lowest BCUT2D eigenvalue weighted by molar-refractivity contribution is 0.371. The molecule has 19 heavy (non-hydrogen) atoms. The van der Waals surface area contributed by atoms with E-state index in [0.29, 0.717) is 5.92 Å². The largest absolute Gasteiger partial charge is 0.497 e. The number of likely N-dealkylation sites (N-methyl/N-ethyl adjacent to an activating group) is 1. The molecule has 3 heteroatoms. The Labute approximate surface area is 116 Å². The number of rotatable bonds is 6. The zero-order chi connectivity index (χ0) is 13.7. The molecule has 0 radical (unpaired) electrons. The van der Waals surface area contributed by atoms with Gasteiger partial charge in [0.1, 0.15) is 11.5 Å². The number of methoxy groups -OCH3 is 2. The van der Waals surface area contributed by atoms with Gasteiger partial charge in [0.15, 0.2) is 0 Å². The minimum atomic E-state index is 0.512. The van der Waals surface area contributed by atoms with Crippen molar-refractivity contribution >= 4 is 0 Å². The van der Waals surface area contributed by atoms with Crippen LogP contribution in [0.1, 0.15) is 37.2 Å². The van der Waals surface area contributed by atoms with Gasteiger partial charge in [0, 0.05) is 18.0 Å². The van der Waals surface area contributed by atoms with Crippen molar-refractivity contribution in [1.29, 1.82) is 0 Å². The van der Waals surface area contributed by atoms with E-state index in [1.807, 2.05) is 19.2 Å². The molecule has 0 heterocycles. The first-order chi connectivity index (χ1) is 9.30. The number of ether oxygens (including phenoxy) is 2. The third-order valence-corrected chi connectivity index (χ3v) is 4.23. The van der Waals surface area contributed by atoms with E-state index in [1.165, 1.54) is 31.2 Å². The summed E-state index contributed by atoms with van der Waals surface area (Å²) in [7, 11) is 5.49. The Morgan fingerprint density at radius 3 is 2.53 bits per heavy atom. The van der Waals surface area contributed by atoms with Crippen molar-refractivity contribution in [2.75, 3.05) is 27.8 Å². The highest BCUT2D eigenvalue weighted by atomic mass is 16.5. The number of hydrogen-bond acceptors (Lipinski definition) is 3. The van der Waals surface area contributed by atoms with Crippen LogP contribution in [0.2, 0.25) is 0 Å². The van der Waals surface area contributed by atoms with Gasteiger partial charge >= 0.3 is 0 Å². The maximum absolute atomic E-state index is 5.55. The van der Waals surface area contributed by atoms with E-state index in [2.05, 4.69) is 11.4 Å². The Hall–Kier alpha value is -1.22. The van der Waals surface area contributed by atoms with Crippen LogP contribution in [0.25, 0.3) is 0 Å². The average molecular weight is 263 g/mol. The zero-order valence-corrected chi connectivity index (χ0v) is 12.2. The van der Waals surface area contributed by atoms with Crippen LogP contribution in [-0.4, -0.2) is 27.8 Å². The zero-order valence-electron chi connectivity index (χ0n) is 12.2. The van der Waals surface area contributed by atoms with E-state index in [-0.39, 0.29) is 0 Å². The van der Waals surface area contributed by atoms with Crippen molar-refractivity contribution in [2.45, 2.75) is 31.6 Å². The molecule has 0 amide bonds. The molecular formula is C16H25NO2. The summed E-state index contributed by atoms with van der Waals surface area (Å²) in [6, 6.07) is 6.12. The van der Waals surface area contributed by atoms with Crippen molar-refractivity contribution in [1.82, 2.24) is 5.32 Å². The van der Waals surface area contributed by atoms with Crippen molar-refractivity contribution in [3.05, 3.63) is 23.8 Å². The Morgan fingerprint density at radius 1 is 1.21 bits per heavy atom. The smallest absolute Gasteiger partial charge is 0.122 e. The molecule has 1 aliphatic carbocycles. The van der Waals surface area contributed by atoms with E-state index < -0.39 is 0 Å². The Kier molecular flexibility index (Phi) is 5.08. The predicted octanol–water partition coefficient (Wildman–Crippen LogP) is 3.20. The fourth-order valence-corrected chi connectivity index (χ4v) is 3.24. The molecule has 0 spiro atoms. The summed E-state index contributed by atoms with van der Waals surface area (Å²) in [4.78, 5) is 0. The van der Waals surface area contributed by atoms with Gasteiger partial charge in [-0.05, 0) is 44.0 Å². The van der Waals surface area contributed by atoms with Crippen LogP contribution in [0.5, 0.6) is 11.5 Å². The highest BCUT2D eigenvalue weighted by Crippen LogP contribution is 2.41. The first-order valence-electron chi connectivity index (χ1n) is 7.16. The fraction of sp³-hybridized carbons (Fsp3) is 0.625. The lowest BCUT2D eigenvalue weighted by atomic mass is 9.84. The lowest BCUT2D eigenvalue weighted by Crippen LogP contribution is -2.23.